The summed E-state index contributed by atoms with van der Waals surface area (Å²) in [5, 5.41) is 11.3. The summed E-state index contributed by atoms with van der Waals surface area (Å²) in [6.45, 7) is 3.88. The van der Waals surface area contributed by atoms with Gasteiger partial charge in [0, 0.05) is 41.4 Å². The topological polar surface area (TPSA) is 101 Å². The lowest BCUT2D eigenvalue weighted by molar-refractivity contribution is -0.117. The molecule has 1 aliphatic carbocycles. The van der Waals surface area contributed by atoms with Gasteiger partial charge < -0.3 is 20.7 Å². The van der Waals surface area contributed by atoms with Crippen LogP contribution in [-0.2, 0) is 4.79 Å². The number of fused-ring (bicyclic) bond motifs is 1. The molecule has 9 heteroatoms. The molecular weight excluding hydrogens is 483 g/mol. The highest BCUT2D eigenvalue weighted by atomic mass is 19.1. The molecule has 1 saturated carbocycles. The van der Waals surface area contributed by atoms with Crippen molar-refractivity contribution in [3.05, 3.63) is 66.5 Å². The van der Waals surface area contributed by atoms with Gasteiger partial charge in [-0.05, 0) is 62.6 Å². The van der Waals surface area contributed by atoms with Gasteiger partial charge in [0.05, 0.1) is 17.2 Å². The molecule has 1 amide bonds. The lowest BCUT2D eigenvalue weighted by Crippen LogP contribution is -2.38. The van der Waals surface area contributed by atoms with Gasteiger partial charge in [-0.1, -0.05) is 24.3 Å². The molecule has 3 N–H and O–H groups in total. The molecule has 8 nitrogen and oxygen atoms in total. The number of carbonyl (C=O) groups is 1. The Bertz CT molecular complexity index is 1490. The number of amides is 1. The van der Waals surface area contributed by atoms with Crippen molar-refractivity contribution < 1.29 is 13.9 Å². The van der Waals surface area contributed by atoms with Crippen molar-refractivity contribution in [1.82, 2.24) is 20.3 Å². The largest absolute Gasteiger partial charge is 0.437 e. The van der Waals surface area contributed by atoms with Crippen LogP contribution in [-0.4, -0.2) is 46.2 Å². The molecule has 0 radical (unpaired) electrons. The van der Waals surface area contributed by atoms with Crippen molar-refractivity contribution in [2.24, 2.45) is 5.92 Å². The number of halogens is 1. The SMILES string of the molecule is Cc1ccc2c(NC(=O)[C@H]3C[C@@H]3F)cccc2c1Oc1ncccc1-c1ccnc(NC2CCCNC2)n1. The average Bonchev–Trinajstić information content (AvgIpc) is 3.68. The van der Waals surface area contributed by atoms with Gasteiger partial charge in [-0.3, -0.25) is 4.79 Å². The first-order valence-electron chi connectivity index (χ1n) is 13.0. The van der Waals surface area contributed by atoms with Gasteiger partial charge in [0.1, 0.15) is 11.9 Å². The molecule has 2 aromatic heterocycles. The number of nitrogens with one attached hydrogen (secondary N) is 3. The van der Waals surface area contributed by atoms with E-state index in [2.05, 4.69) is 25.9 Å². The molecular formula is C29H29FN6O2. The first-order chi connectivity index (χ1) is 18.6. The molecule has 6 rings (SSSR count). The maximum absolute atomic E-state index is 13.4. The van der Waals surface area contributed by atoms with Crippen LogP contribution >= 0.6 is 0 Å². The van der Waals surface area contributed by atoms with Crippen molar-refractivity contribution in [2.75, 3.05) is 23.7 Å². The van der Waals surface area contributed by atoms with E-state index in [1.807, 2.05) is 55.5 Å². The number of anilines is 2. The predicted octanol–water partition coefficient (Wildman–Crippen LogP) is 5.25. The van der Waals surface area contributed by atoms with Crippen LogP contribution in [0.5, 0.6) is 11.6 Å². The molecule has 38 heavy (non-hydrogen) atoms. The Morgan fingerprint density at radius 1 is 1.08 bits per heavy atom. The summed E-state index contributed by atoms with van der Waals surface area (Å²) in [7, 11) is 0. The second-order valence-electron chi connectivity index (χ2n) is 9.87. The zero-order valence-corrected chi connectivity index (χ0v) is 21.1. The van der Waals surface area contributed by atoms with E-state index in [-0.39, 0.29) is 18.4 Å². The molecule has 4 aromatic rings. The van der Waals surface area contributed by atoms with Gasteiger partial charge in [0.2, 0.25) is 17.7 Å². The summed E-state index contributed by atoms with van der Waals surface area (Å²) in [5.74, 6) is 0.758. The maximum atomic E-state index is 13.4. The van der Waals surface area contributed by atoms with E-state index in [0.29, 0.717) is 29.0 Å². The molecule has 2 aliphatic rings. The van der Waals surface area contributed by atoms with Crippen LogP contribution in [0.25, 0.3) is 22.0 Å². The van der Waals surface area contributed by atoms with E-state index < -0.39 is 12.1 Å². The lowest BCUT2D eigenvalue weighted by Gasteiger charge is -2.23. The van der Waals surface area contributed by atoms with Crippen molar-refractivity contribution in [1.29, 1.82) is 0 Å². The quantitative estimate of drug-likeness (QED) is 0.311. The number of hydrogen-bond acceptors (Lipinski definition) is 7. The molecule has 3 heterocycles. The van der Waals surface area contributed by atoms with Crippen LogP contribution in [0.2, 0.25) is 0 Å². The summed E-state index contributed by atoms with van der Waals surface area (Å²) in [6.07, 6.45) is 4.83. The van der Waals surface area contributed by atoms with E-state index in [1.165, 1.54) is 0 Å². The molecule has 3 atom stereocenters. The van der Waals surface area contributed by atoms with E-state index in [0.717, 1.165) is 47.8 Å². The third-order valence-corrected chi connectivity index (χ3v) is 7.05. The summed E-state index contributed by atoms with van der Waals surface area (Å²) >= 11 is 0. The fraction of sp³-hybridized carbons (Fsp3) is 0.310. The van der Waals surface area contributed by atoms with E-state index >= 15 is 0 Å². The number of aryl methyl sites for hydroxylation is 1. The first kappa shape index (κ1) is 24.2. The van der Waals surface area contributed by atoms with E-state index in [1.54, 1.807) is 12.4 Å². The zero-order chi connectivity index (χ0) is 26.1. The van der Waals surface area contributed by atoms with Crippen LogP contribution in [0.1, 0.15) is 24.8 Å². The minimum absolute atomic E-state index is 0.282. The Kier molecular flexibility index (Phi) is 6.59. The number of carbonyl (C=O) groups excluding carboxylic acids is 1. The van der Waals surface area contributed by atoms with Gasteiger partial charge in [-0.25, -0.2) is 19.3 Å². The Hall–Kier alpha value is -4.11. The summed E-state index contributed by atoms with van der Waals surface area (Å²) in [4.78, 5) is 26.1. The Labute approximate surface area is 220 Å². The fourth-order valence-corrected chi connectivity index (χ4v) is 4.84. The Morgan fingerprint density at radius 3 is 2.79 bits per heavy atom. The van der Waals surface area contributed by atoms with Crippen LogP contribution < -0.4 is 20.7 Å². The van der Waals surface area contributed by atoms with Crippen molar-refractivity contribution in [3.63, 3.8) is 0 Å². The molecule has 1 saturated heterocycles. The number of nitrogens with zero attached hydrogens (tertiary/aromatic N) is 3. The summed E-state index contributed by atoms with van der Waals surface area (Å²) < 4.78 is 19.9. The number of alkyl halides is 1. The van der Waals surface area contributed by atoms with E-state index in [4.69, 9.17) is 9.72 Å². The number of benzene rings is 2. The highest BCUT2D eigenvalue weighted by molar-refractivity contribution is 6.05. The molecule has 1 aliphatic heterocycles. The normalized spacial score (nSPS) is 20.6. The van der Waals surface area contributed by atoms with Crippen molar-refractivity contribution in [3.8, 4) is 22.9 Å². The second kappa shape index (κ2) is 10.3. The van der Waals surface area contributed by atoms with Crippen LogP contribution in [0.4, 0.5) is 16.0 Å². The van der Waals surface area contributed by atoms with E-state index in [9.17, 15) is 9.18 Å². The fourth-order valence-electron chi connectivity index (χ4n) is 4.84. The van der Waals surface area contributed by atoms with Gasteiger partial charge >= 0.3 is 0 Å². The first-order valence-corrected chi connectivity index (χ1v) is 13.0. The highest BCUT2D eigenvalue weighted by Crippen LogP contribution is 2.40. The molecule has 2 fully saturated rings. The number of pyridine rings is 1. The average molecular weight is 513 g/mol. The monoisotopic (exact) mass is 512 g/mol. The minimum atomic E-state index is -1.05. The molecule has 0 spiro atoms. The van der Waals surface area contributed by atoms with Crippen molar-refractivity contribution >= 4 is 28.3 Å². The Morgan fingerprint density at radius 2 is 1.97 bits per heavy atom. The van der Waals surface area contributed by atoms with Gasteiger partial charge in [-0.15, -0.1) is 0 Å². The number of ether oxygens (including phenoxy) is 1. The number of aromatic nitrogens is 3. The van der Waals surface area contributed by atoms with Gasteiger partial charge in [0.25, 0.3) is 0 Å². The summed E-state index contributed by atoms with van der Waals surface area (Å²) in [5.41, 5.74) is 2.98. The van der Waals surface area contributed by atoms with Crippen LogP contribution in [0.3, 0.4) is 0 Å². The maximum Gasteiger partial charge on any atom is 0.230 e. The zero-order valence-electron chi connectivity index (χ0n) is 21.1. The van der Waals surface area contributed by atoms with Crippen LogP contribution in [0, 0.1) is 12.8 Å². The molecule has 0 bridgehead atoms. The summed E-state index contributed by atoms with van der Waals surface area (Å²) in [6, 6.07) is 15.4. The predicted molar refractivity (Wildman–Crippen MR) is 145 cm³/mol. The third kappa shape index (κ3) is 5.02. The molecule has 2 aromatic carbocycles. The van der Waals surface area contributed by atoms with Gasteiger partial charge in [-0.2, -0.15) is 0 Å². The smallest absolute Gasteiger partial charge is 0.230 e. The second-order valence-corrected chi connectivity index (χ2v) is 9.87. The Balaban J connectivity index is 1.31. The lowest BCUT2D eigenvalue weighted by atomic mass is 10.0. The van der Waals surface area contributed by atoms with Crippen molar-refractivity contribution in [2.45, 2.75) is 38.4 Å². The number of piperidine rings is 1. The highest BCUT2D eigenvalue weighted by Gasteiger charge is 2.43. The van der Waals surface area contributed by atoms with Gasteiger partial charge in [0.15, 0.2) is 0 Å². The third-order valence-electron chi connectivity index (χ3n) is 7.05. The molecule has 194 valence electrons. The number of rotatable bonds is 7. The standard InChI is InChI=1S/C29H29FN6O2/c1-17-9-10-19-20(6-2-8-24(19)35-27(37)22-15-23(22)30)26(17)38-28-21(7-4-13-32-28)25-11-14-33-29(36-25)34-18-5-3-12-31-16-18/h2,4,6-11,13-14,18,22-23,31H,3,5,12,15-16H2,1H3,(H,35,37)(H,33,34,36)/t18?,22-,23-/m0/s1. The molecule has 1 unspecified atom stereocenters. The minimum Gasteiger partial charge on any atom is -0.437 e. The van der Waals surface area contributed by atoms with Crippen LogP contribution in [0.15, 0.2) is 60.9 Å². The number of hydrogen-bond donors (Lipinski definition) is 3.